The van der Waals surface area contributed by atoms with Gasteiger partial charge in [0.25, 0.3) is 11.5 Å². The third kappa shape index (κ3) is 3.35. The molecule has 3 rings (SSSR count). The minimum absolute atomic E-state index is 0.0350. The highest BCUT2D eigenvalue weighted by atomic mass is 16.2. The minimum Gasteiger partial charge on any atom is -0.365 e. The number of nitrogens with one attached hydrogen (secondary N) is 2. The van der Waals surface area contributed by atoms with E-state index in [0.29, 0.717) is 0 Å². The number of carbonyl (C=O) groups is 1. The van der Waals surface area contributed by atoms with Crippen molar-refractivity contribution < 1.29 is 4.79 Å². The van der Waals surface area contributed by atoms with Crippen LogP contribution in [-0.2, 0) is 13.0 Å². The highest BCUT2D eigenvalue weighted by molar-refractivity contribution is 5.92. The maximum atomic E-state index is 11.9. The van der Waals surface area contributed by atoms with Gasteiger partial charge in [-0.3, -0.25) is 9.59 Å². The van der Waals surface area contributed by atoms with Crippen LogP contribution in [0.4, 0.5) is 0 Å². The highest BCUT2D eigenvalue weighted by Gasteiger charge is 2.23. The number of hydrogen-bond acceptors (Lipinski definition) is 3. The first-order chi connectivity index (χ1) is 11.0. The number of carbonyl (C=O) groups excluding carboxylic acids is 1. The van der Waals surface area contributed by atoms with E-state index in [9.17, 15) is 9.59 Å². The summed E-state index contributed by atoms with van der Waals surface area (Å²) in [7, 11) is 0. The Morgan fingerprint density at radius 1 is 1.35 bits per heavy atom. The van der Waals surface area contributed by atoms with Gasteiger partial charge >= 0.3 is 0 Å². The molecule has 1 amide bonds. The number of fused-ring (bicyclic) bond motifs is 1. The van der Waals surface area contributed by atoms with Gasteiger partial charge in [0, 0.05) is 18.3 Å². The van der Waals surface area contributed by atoms with Gasteiger partial charge in [-0.1, -0.05) is 29.8 Å². The third-order valence-electron chi connectivity index (χ3n) is 4.39. The van der Waals surface area contributed by atoms with E-state index in [1.807, 2.05) is 0 Å². The van der Waals surface area contributed by atoms with Crippen LogP contribution >= 0.6 is 0 Å². The summed E-state index contributed by atoms with van der Waals surface area (Å²) < 4.78 is 0. The Bertz CT molecular complexity index is 778. The third-order valence-corrected chi connectivity index (χ3v) is 4.39. The highest BCUT2D eigenvalue weighted by Crippen LogP contribution is 2.28. The molecule has 120 valence electrons. The largest absolute Gasteiger partial charge is 0.365 e. The molecule has 5 nitrogen and oxygen atoms in total. The Kier molecular flexibility index (Phi) is 4.30. The maximum Gasteiger partial charge on any atom is 0.261 e. The van der Waals surface area contributed by atoms with Crippen LogP contribution in [0, 0.1) is 6.92 Å². The van der Waals surface area contributed by atoms with Gasteiger partial charge in [-0.25, -0.2) is 0 Å². The second kappa shape index (κ2) is 6.38. The van der Waals surface area contributed by atoms with Crippen molar-refractivity contribution in [2.24, 2.45) is 5.73 Å². The second-order valence-electron chi connectivity index (χ2n) is 6.12. The molecule has 0 bridgehead atoms. The number of amides is 1. The van der Waals surface area contributed by atoms with Crippen LogP contribution in [0.15, 0.2) is 35.1 Å². The van der Waals surface area contributed by atoms with Crippen molar-refractivity contribution in [1.82, 2.24) is 10.3 Å². The molecule has 0 saturated carbocycles. The molecule has 0 aliphatic heterocycles. The standard InChI is InChI=1S/C18H21N3O2/c1-11-5-7-12(8-6-11)10-20-15-3-2-4-16-13(15)9-14(17(19)22)18(23)21-16/h5-9,15,20H,2-4,10H2,1H3,(H2,19,22)(H,21,23). The fraction of sp³-hybridized carbons (Fsp3) is 0.333. The Morgan fingerprint density at radius 2 is 2.09 bits per heavy atom. The van der Waals surface area contributed by atoms with Gasteiger partial charge in [0.2, 0.25) is 0 Å². The molecule has 0 radical (unpaired) electrons. The van der Waals surface area contributed by atoms with Gasteiger partial charge in [-0.05, 0) is 43.4 Å². The number of aromatic amines is 1. The molecular weight excluding hydrogens is 290 g/mol. The summed E-state index contributed by atoms with van der Waals surface area (Å²) in [6, 6.07) is 10.2. The predicted molar refractivity (Wildman–Crippen MR) is 89.3 cm³/mol. The SMILES string of the molecule is Cc1ccc(CNC2CCCc3[nH]c(=O)c(C(N)=O)cc32)cc1. The number of aromatic nitrogens is 1. The molecule has 0 spiro atoms. The Morgan fingerprint density at radius 3 is 2.78 bits per heavy atom. The van der Waals surface area contributed by atoms with Crippen molar-refractivity contribution in [2.45, 2.75) is 38.8 Å². The van der Waals surface area contributed by atoms with Gasteiger partial charge in [0.1, 0.15) is 5.56 Å². The Labute approximate surface area is 134 Å². The van der Waals surface area contributed by atoms with Gasteiger partial charge in [0.05, 0.1) is 0 Å². The predicted octanol–water partition coefficient (Wildman–Crippen LogP) is 1.95. The summed E-state index contributed by atoms with van der Waals surface area (Å²) in [4.78, 5) is 26.1. The summed E-state index contributed by atoms with van der Waals surface area (Å²) in [5.74, 6) is -0.683. The van der Waals surface area contributed by atoms with E-state index < -0.39 is 11.5 Å². The first-order valence-corrected chi connectivity index (χ1v) is 7.89. The number of aryl methyl sites for hydroxylation is 2. The number of rotatable bonds is 4. The molecule has 4 N–H and O–H groups in total. The lowest BCUT2D eigenvalue weighted by atomic mass is 9.90. The summed E-state index contributed by atoms with van der Waals surface area (Å²) in [6.07, 6.45) is 2.81. The molecular formula is C18H21N3O2. The van der Waals surface area contributed by atoms with Gasteiger partial charge < -0.3 is 16.0 Å². The molecule has 0 saturated heterocycles. The van der Waals surface area contributed by atoms with Crippen LogP contribution in [-0.4, -0.2) is 10.9 Å². The monoisotopic (exact) mass is 311 g/mol. The zero-order chi connectivity index (χ0) is 16.4. The van der Waals surface area contributed by atoms with E-state index in [0.717, 1.165) is 37.1 Å². The first-order valence-electron chi connectivity index (χ1n) is 7.89. The van der Waals surface area contributed by atoms with E-state index in [1.165, 1.54) is 11.1 Å². The van der Waals surface area contributed by atoms with Crippen LogP contribution < -0.4 is 16.6 Å². The molecule has 1 atom stereocenters. The molecule has 23 heavy (non-hydrogen) atoms. The fourth-order valence-corrected chi connectivity index (χ4v) is 3.08. The molecule has 5 heteroatoms. The quantitative estimate of drug-likeness (QED) is 0.806. The maximum absolute atomic E-state index is 11.9. The topological polar surface area (TPSA) is 88.0 Å². The number of pyridine rings is 1. The van der Waals surface area contributed by atoms with Crippen molar-refractivity contribution in [3.05, 3.63) is 68.6 Å². The molecule has 1 aliphatic rings. The molecule has 1 aromatic carbocycles. The van der Waals surface area contributed by atoms with E-state index >= 15 is 0 Å². The first kappa shape index (κ1) is 15.5. The number of H-pyrrole nitrogens is 1. The molecule has 1 heterocycles. The number of nitrogens with two attached hydrogens (primary N) is 1. The molecule has 0 fully saturated rings. The van der Waals surface area contributed by atoms with Crippen molar-refractivity contribution in [3.63, 3.8) is 0 Å². The average Bonchev–Trinajstić information content (AvgIpc) is 2.53. The van der Waals surface area contributed by atoms with Gasteiger partial charge in [-0.15, -0.1) is 0 Å². The molecule has 1 aromatic heterocycles. The summed E-state index contributed by atoms with van der Waals surface area (Å²) in [6.45, 7) is 2.81. The summed E-state index contributed by atoms with van der Waals surface area (Å²) >= 11 is 0. The number of primary amides is 1. The van der Waals surface area contributed by atoms with Crippen LogP contribution in [0.25, 0.3) is 0 Å². The normalized spacial score (nSPS) is 16.8. The van der Waals surface area contributed by atoms with E-state index in [2.05, 4.69) is 41.5 Å². The van der Waals surface area contributed by atoms with E-state index in [1.54, 1.807) is 6.07 Å². The lowest BCUT2D eigenvalue weighted by Gasteiger charge is -2.26. The van der Waals surface area contributed by atoms with Crippen LogP contribution in [0.5, 0.6) is 0 Å². The lowest BCUT2D eigenvalue weighted by Crippen LogP contribution is -2.31. The van der Waals surface area contributed by atoms with Crippen LogP contribution in [0.3, 0.4) is 0 Å². The van der Waals surface area contributed by atoms with Crippen molar-refractivity contribution in [1.29, 1.82) is 0 Å². The van der Waals surface area contributed by atoms with E-state index in [4.69, 9.17) is 5.73 Å². The number of benzene rings is 1. The van der Waals surface area contributed by atoms with Gasteiger partial charge in [-0.2, -0.15) is 0 Å². The Hall–Kier alpha value is -2.40. The summed E-state index contributed by atoms with van der Waals surface area (Å²) in [5, 5.41) is 3.52. The zero-order valence-corrected chi connectivity index (χ0v) is 13.2. The average molecular weight is 311 g/mol. The zero-order valence-electron chi connectivity index (χ0n) is 13.2. The van der Waals surface area contributed by atoms with Crippen molar-refractivity contribution in [2.75, 3.05) is 0 Å². The van der Waals surface area contributed by atoms with Crippen LogP contribution in [0.2, 0.25) is 0 Å². The number of hydrogen-bond donors (Lipinski definition) is 3. The minimum atomic E-state index is -0.683. The van der Waals surface area contributed by atoms with Gasteiger partial charge in [0.15, 0.2) is 0 Å². The lowest BCUT2D eigenvalue weighted by molar-refractivity contribution is 0.0998. The smallest absolute Gasteiger partial charge is 0.261 e. The second-order valence-corrected chi connectivity index (χ2v) is 6.12. The molecule has 1 aliphatic carbocycles. The van der Waals surface area contributed by atoms with Crippen molar-refractivity contribution in [3.8, 4) is 0 Å². The fourth-order valence-electron chi connectivity index (χ4n) is 3.08. The van der Waals surface area contributed by atoms with Crippen molar-refractivity contribution >= 4 is 5.91 Å². The summed E-state index contributed by atoms with van der Waals surface area (Å²) in [5.41, 5.74) is 9.27. The Balaban J connectivity index is 1.83. The van der Waals surface area contributed by atoms with E-state index in [-0.39, 0.29) is 11.6 Å². The van der Waals surface area contributed by atoms with Crippen LogP contribution in [0.1, 0.15) is 51.6 Å². The molecule has 2 aromatic rings. The molecule has 1 unspecified atom stereocenters.